The maximum absolute atomic E-state index is 12.8. The summed E-state index contributed by atoms with van der Waals surface area (Å²) in [6.07, 6.45) is 1.60. The Morgan fingerprint density at radius 1 is 1.26 bits per heavy atom. The lowest BCUT2D eigenvalue weighted by Crippen LogP contribution is -2.41. The normalized spacial score (nSPS) is 15.5. The van der Waals surface area contributed by atoms with E-state index in [1.54, 1.807) is 43.7 Å². The van der Waals surface area contributed by atoms with E-state index in [0.29, 0.717) is 30.1 Å². The molecule has 2 heterocycles. The van der Waals surface area contributed by atoms with Gasteiger partial charge in [0.25, 0.3) is 10.0 Å². The van der Waals surface area contributed by atoms with Crippen LogP contribution >= 0.6 is 0 Å². The summed E-state index contributed by atoms with van der Waals surface area (Å²) in [5.41, 5.74) is 0.440. The van der Waals surface area contributed by atoms with Gasteiger partial charge in [-0.05, 0) is 38.8 Å². The van der Waals surface area contributed by atoms with Crippen molar-refractivity contribution < 1.29 is 27.5 Å². The molecule has 11 heteroatoms. The van der Waals surface area contributed by atoms with Crippen LogP contribution in [0.15, 0.2) is 35.5 Å². The molecule has 31 heavy (non-hydrogen) atoms. The summed E-state index contributed by atoms with van der Waals surface area (Å²) in [5, 5.41) is 2.56. The summed E-state index contributed by atoms with van der Waals surface area (Å²) in [6, 6.07) is 6.43. The first-order valence-corrected chi connectivity index (χ1v) is 11.4. The van der Waals surface area contributed by atoms with Gasteiger partial charge in [0.05, 0.1) is 12.5 Å². The van der Waals surface area contributed by atoms with Gasteiger partial charge in [-0.15, -0.1) is 0 Å². The standard InChI is InChI=1S/C20H26N4O6S/c1-4-29-20(26)22-16-6-5-7-17(12-16)30-19(25)15-8-10-24(11-9-15)31(27,28)18-13-23(3)14(2)21-18/h5-7,12-13,15H,4,8-11H2,1-3H3,(H,22,26). The SMILES string of the molecule is CCOC(=O)Nc1cccc(OC(=O)C2CCN(S(=O)(=O)c3cn(C)c(C)n3)CC2)c1. The maximum atomic E-state index is 12.8. The van der Waals surface area contributed by atoms with Gasteiger partial charge >= 0.3 is 12.1 Å². The van der Waals surface area contributed by atoms with Crippen molar-refractivity contribution in [2.45, 2.75) is 31.7 Å². The average molecular weight is 451 g/mol. The van der Waals surface area contributed by atoms with Crippen LogP contribution in [0.4, 0.5) is 10.5 Å². The first-order chi connectivity index (χ1) is 14.7. The molecule has 2 aromatic rings. The summed E-state index contributed by atoms with van der Waals surface area (Å²) in [7, 11) is -1.96. The molecule has 1 aliphatic heterocycles. The minimum Gasteiger partial charge on any atom is -0.450 e. The quantitative estimate of drug-likeness (QED) is 0.530. The Morgan fingerprint density at radius 3 is 2.58 bits per heavy atom. The number of benzene rings is 1. The number of piperidine rings is 1. The van der Waals surface area contributed by atoms with Crippen molar-refractivity contribution in [3.8, 4) is 5.75 Å². The number of carbonyl (C=O) groups excluding carboxylic acids is 2. The highest BCUT2D eigenvalue weighted by atomic mass is 32.2. The second kappa shape index (κ2) is 9.48. The predicted molar refractivity (Wildman–Crippen MR) is 112 cm³/mol. The van der Waals surface area contributed by atoms with Gasteiger partial charge in [-0.3, -0.25) is 10.1 Å². The minimum absolute atomic E-state index is 0.0134. The minimum atomic E-state index is -3.70. The Kier molecular flexibility index (Phi) is 6.96. The van der Waals surface area contributed by atoms with Crippen molar-refractivity contribution in [1.82, 2.24) is 13.9 Å². The highest BCUT2D eigenvalue weighted by molar-refractivity contribution is 7.89. The summed E-state index contributed by atoms with van der Waals surface area (Å²) in [5.74, 6) is 0.0487. The van der Waals surface area contributed by atoms with Gasteiger partial charge in [0, 0.05) is 38.1 Å². The number of hydrogen-bond donors (Lipinski definition) is 1. The van der Waals surface area contributed by atoms with Gasteiger partial charge in [-0.2, -0.15) is 4.31 Å². The van der Waals surface area contributed by atoms with Crippen LogP contribution in [-0.2, 0) is 26.6 Å². The lowest BCUT2D eigenvalue weighted by Gasteiger charge is -2.29. The molecule has 0 saturated carbocycles. The number of nitrogens with one attached hydrogen (secondary N) is 1. The molecule has 1 saturated heterocycles. The van der Waals surface area contributed by atoms with Crippen LogP contribution in [0.5, 0.6) is 5.75 Å². The van der Waals surface area contributed by atoms with Crippen LogP contribution in [0, 0.1) is 12.8 Å². The number of aromatic nitrogens is 2. The number of rotatable bonds is 6. The molecular formula is C20H26N4O6S. The van der Waals surface area contributed by atoms with E-state index in [9.17, 15) is 18.0 Å². The molecule has 1 aromatic carbocycles. The van der Waals surface area contributed by atoms with Crippen LogP contribution in [0.2, 0.25) is 0 Å². The molecule has 0 atom stereocenters. The van der Waals surface area contributed by atoms with E-state index in [0.717, 1.165) is 0 Å². The van der Waals surface area contributed by atoms with Crippen LogP contribution in [0.1, 0.15) is 25.6 Å². The van der Waals surface area contributed by atoms with Crippen molar-refractivity contribution in [2.24, 2.45) is 13.0 Å². The van der Waals surface area contributed by atoms with E-state index in [1.807, 2.05) is 0 Å². The van der Waals surface area contributed by atoms with E-state index in [1.165, 1.54) is 16.6 Å². The number of imidazole rings is 1. The van der Waals surface area contributed by atoms with Gasteiger partial charge in [-0.25, -0.2) is 18.2 Å². The molecular weight excluding hydrogens is 424 g/mol. The number of hydrogen-bond acceptors (Lipinski definition) is 7. The molecule has 0 unspecified atom stereocenters. The third kappa shape index (κ3) is 5.42. The number of aryl methyl sites for hydroxylation is 2. The van der Waals surface area contributed by atoms with Gasteiger partial charge in [0.1, 0.15) is 11.6 Å². The number of ether oxygens (including phenoxy) is 2. The molecule has 0 spiro atoms. The average Bonchev–Trinajstić information content (AvgIpc) is 3.08. The predicted octanol–water partition coefficient (Wildman–Crippen LogP) is 2.30. The van der Waals surface area contributed by atoms with E-state index in [2.05, 4.69) is 10.3 Å². The Hall–Kier alpha value is -2.92. The van der Waals surface area contributed by atoms with Gasteiger partial charge in [0.2, 0.25) is 0 Å². The topological polar surface area (TPSA) is 120 Å². The summed E-state index contributed by atoms with van der Waals surface area (Å²) in [6.45, 7) is 4.10. The fourth-order valence-corrected chi connectivity index (χ4v) is 4.73. The van der Waals surface area contributed by atoms with Gasteiger partial charge < -0.3 is 14.0 Å². The molecule has 1 fully saturated rings. The largest absolute Gasteiger partial charge is 0.450 e. The highest BCUT2D eigenvalue weighted by Crippen LogP contribution is 2.26. The smallest absolute Gasteiger partial charge is 0.411 e. The summed E-state index contributed by atoms with van der Waals surface area (Å²) < 4.78 is 38.8. The zero-order valence-corrected chi connectivity index (χ0v) is 18.5. The van der Waals surface area contributed by atoms with Gasteiger partial charge in [0.15, 0.2) is 5.03 Å². The molecule has 1 N–H and O–H groups in total. The second-order valence-corrected chi connectivity index (χ2v) is 9.09. The molecule has 0 bridgehead atoms. The fraction of sp³-hybridized carbons (Fsp3) is 0.450. The molecule has 3 rings (SSSR count). The maximum Gasteiger partial charge on any atom is 0.411 e. The lowest BCUT2D eigenvalue weighted by atomic mass is 9.98. The third-order valence-corrected chi connectivity index (χ3v) is 6.82. The van der Waals surface area contributed by atoms with Crippen molar-refractivity contribution in [2.75, 3.05) is 25.0 Å². The van der Waals surface area contributed by atoms with Crippen molar-refractivity contribution in [1.29, 1.82) is 0 Å². The Labute approximate surface area is 181 Å². The Bertz CT molecular complexity index is 1040. The monoisotopic (exact) mass is 450 g/mol. The highest BCUT2D eigenvalue weighted by Gasteiger charge is 2.34. The van der Waals surface area contributed by atoms with E-state index >= 15 is 0 Å². The van der Waals surface area contributed by atoms with Crippen molar-refractivity contribution in [3.05, 3.63) is 36.3 Å². The first-order valence-electron chi connectivity index (χ1n) is 9.96. The second-order valence-electron chi connectivity index (χ2n) is 7.21. The zero-order valence-electron chi connectivity index (χ0n) is 17.7. The van der Waals surface area contributed by atoms with E-state index < -0.39 is 28.0 Å². The van der Waals surface area contributed by atoms with Crippen LogP contribution < -0.4 is 10.1 Å². The van der Waals surface area contributed by atoms with Crippen molar-refractivity contribution >= 4 is 27.8 Å². The number of esters is 1. The first kappa shape index (κ1) is 22.8. The molecule has 168 valence electrons. The van der Waals surface area contributed by atoms with E-state index in [-0.39, 0.29) is 24.7 Å². The summed E-state index contributed by atoms with van der Waals surface area (Å²) in [4.78, 5) is 28.2. The zero-order chi connectivity index (χ0) is 22.6. The molecule has 10 nitrogen and oxygen atoms in total. The Balaban J connectivity index is 1.57. The number of sulfonamides is 1. The molecule has 0 radical (unpaired) electrons. The molecule has 1 amide bonds. The Morgan fingerprint density at radius 2 is 1.97 bits per heavy atom. The van der Waals surface area contributed by atoms with Crippen LogP contribution in [0.3, 0.4) is 0 Å². The summed E-state index contributed by atoms with van der Waals surface area (Å²) >= 11 is 0. The van der Waals surface area contributed by atoms with Crippen LogP contribution in [-0.4, -0.2) is 54.0 Å². The lowest BCUT2D eigenvalue weighted by molar-refractivity contribution is -0.140. The third-order valence-electron chi connectivity index (χ3n) is 5.05. The number of anilines is 1. The number of amides is 1. The fourth-order valence-electron chi connectivity index (χ4n) is 3.24. The van der Waals surface area contributed by atoms with Crippen LogP contribution in [0.25, 0.3) is 0 Å². The molecule has 1 aliphatic rings. The molecule has 1 aromatic heterocycles. The molecule has 0 aliphatic carbocycles. The number of carbonyl (C=O) groups is 2. The van der Waals surface area contributed by atoms with Gasteiger partial charge in [-0.1, -0.05) is 6.07 Å². The number of nitrogens with zero attached hydrogens (tertiary/aromatic N) is 3. The van der Waals surface area contributed by atoms with E-state index in [4.69, 9.17) is 9.47 Å². The van der Waals surface area contributed by atoms with Crippen molar-refractivity contribution in [3.63, 3.8) is 0 Å².